The van der Waals surface area contributed by atoms with E-state index in [1.54, 1.807) is 0 Å². The molecule has 0 heterocycles. The predicted molar refractivity (Wildman–Crippen MR) is 68.9 cm³/mol. The van der Waals surface area contributed by atoms with Crippen LogP contribution in [0, 0.1) is 0 Å². The molecule has 0 radical (unpaired) electrons. The minimum Gasteiger partial charge on any atom is -0.407 e. The molecule has 1 atom stereocenters. The van der Waals surface area contributed by atoms with Crippen LogP contribution in [0.5, 0.6) is 0 Å². The largest absolute Gasteiger partial charge is 0.407 e. The molecule has 0 aliphatic rings. The van der Waals surface area contributed by atoms with Crippen molar-refractivity contribution in [3.8, 4) is 0 Å². The summed E-state index contributed by atoms with van der Waals surface area (Å²) in [4.78, 5) is 0. The molecule has 0 saturated heterocycles. The van der Waals surface area contributed by atoms with Crippen molar-refractivity contribution in [3.63, 3.8) is 0 Å². The maximum atomic E-state index is 6.14. The Kier molecular flexibility index (Phi) is 4.30. The molecule has 0 amide bonds. The molecule has 0 spiro atoms. The van der Waals surface area contributed by atoms with Gasteiger partial charge in [0.15, 0.2) is 0 Å². The maximum absolute atomic E-state index is 6.14. The summed E-state index contributed by atoms with van der Waals surface area (Å²) >= 11 is 0. The van der Waals surface area contributed by atoms with E-state index in [0.717, 1.165) is 6.42 Å². The van der Waals surface area contributed by atoms with E-state index in [4.69, 9.17) is 4.43 Å². The van der Waals surface area contributed by atoms with E-state index in [-0.39, 0.29) is 5.60 Å². The highest BCUT2D eigenvalue weighted by Crippen LogP contribution is 2.15. The lowest BCUT2D eigenvalue weighted by Gasteiger charge is -2.28. The molecule has 15 heavy (non-hydrogen) atoms. The third-order valence-electron chi connectivity index (χ3n) is 2.64. The topological polar surface area (TPSA) is 9.23 Å². The van der Waals surface area contributed by atoms with Gasteiger partial charge in [-0.3, -0.25) is 0 Å². The molecule has 0 aromatic heterocycles. The van der Waals surface area contributed by atoms with Crippen molar-refractivity contribution in [2.45, 2.75) is 32.8 Å². The molecule has 0 N–H and O–H groups in total. The average Bonchev–Trinajstić information content (AvgIpc) is 2.27. The van der Waals surface area contributed by atoms with Gasteiger partial charge in [-0.15, -0.1) is 6.58 Å². The van der Waals surface area contributed by atoms with E-state index < -0.39 is 9.04 Å². The summed E-state index contributed by atoms with van der Waals surface area (Å²) < 4.78 is 6.14. The number of benzene rings is 1. The van der Waals surface area contributed by atoms with E-state index in [2.05, 4.69) is 51.6 Å². The first-order valence-electron chi connectivity index (χ1n) is 5.44. The van der Waals surface area contributed by atoms with Crippen molar-refractivity contribution in [3.05, 3.63) is 42.6 Å². The van der Waals surface area contributed by atoms with E-state index >= 15 is 0 Å². The summed E-state index contributed by atoms with van der Waals surface area (Å²) in [6, 6.07) is 10.4. The Morgan fingerprint density at radius 1 is 1.33 bits per heavy atom. The molecule has 0 aliphatic heterocycles. The first kappa shape index (κ1) is 12.2. The highest BCUT2D eigenvalue weighted by Gasteiger charge is 2.21. The van der Waals surface area contributed by atoms with E-state index in [0.29, 0.717) is 0 Å². The fraction of sp³-hybridized carbons (Fsp3) is 0.385. The van der Waals surface area contributed by atoms with Gasteiger partial charge in [0, 0.05) is 0 Å². The van der Waals surface area contributed by atoms with Gasteiger partial charge >= 0.3 is 0 Å². The molecule has 0 aliphatic carbocycles. The minimum atomic E-state index is -1.45. The molecule has 0 saturated carbocycles. The zero-order valence-electron chi connectivity index (χ0n) is 9.86. The molecular formula is C13H20OSi. The predicted octanol–water partition coefficient (Wildman–Crippen LogP) is 2.55. The lowest BCUT2D eigenvalue weighted by atomic mass is 10.1. The van der Waals surface area contributed by atoms with Gasteiger partial charge in [0.2, 0.25) is 9.04 Å². The number of rotatable bonds is 5. The van der Waals surface area contributed by atoms with Crippen LogP contribution in [-0.4, -0.2) is 14.6 Å². The zero-order chi connectivity index (χ0) is 11.3. The SMILES string of the molecule is C=C[SiH](OC(C)(C)CC)c1ccccc1. The molecule has 1 rings (SSSR count). The van der Waals surface area contributed by atoms with Gasteiger partial charge in [-0.2, -0.15) is 0 Å². The van der Waals surface area contributed by atoms with Crippen LogP contribution in [0.1, 0.15) is 27.2 Å². The van der Waals surface area contributed by atoms with E-state index in [1.807, 2.05) is 11.8 Å². The summed E-state index contributed by atoms with van der Waals surface area (Å²) in [6.07, 6.45) is 1.02. The molecule has 2 heteroatoms. The van der Waals surface area contributed by atoms with Crippen molar-refractivity contribution in [1.82, 2.24) is 0 Å². The Morgan fingerprint density at radius 2 is 1.93 bits per heavy atom. The van der Waals surface area contributed by atoms with Crippen LogP contribution < -0.4 is 5.19 Å². The van der Waals surface area contributed by atoms with Crippen molar-refractivity contribution >= 4 is 14.2 Å². The molecule has 82 valence electrons. The summed E-state index contributed by atoms with van der Waals surface area (Å²) in [5.74, 6) is 0. The molecule has 1 unspecified atom stereocenters. The Balaban J connectivity index is 2.78. The van der Waals surface area contributed by atoms with Crippen LogP contribution >= 0.6 is 0 Å². The van der Waals surface area contributed by atoms with Gasteiger partial charge in [0.1, 0.15) is 0 Å². The molecule has 1 nitrogen and oxygen atoms in total. The fourth-order valence-corrected chi connectivity index (χ4v) is 3.28. The summed E-state index contributed by atoms with van der Waals surface area (Å²) in [5.41, 5.74) is 1.95. The molecular weight excluding hydrogens is 200 g/mol. The van der Waals surface area contributed by atoms with Crippen molar-refractivity contribution in [1.29, 1.82) is 0 Å². The van der Waals surface area contributed by atoms with Crippen LogP contribution in [0.3, 0.4) is 0 Å². The standard InChI is InChI=1S/C13H20OSi/c1-5-13(3,4)14-15(6-2)12-10-8-7-9-11-12/h6-11,15H,2,5H2,1,3-4H3. The smallest absolute Gasteiger partial charge is 0.232 e. The van der Waals surface area contributed by atoms with Crippen LogP contribution in [0.25, 0.3) is 0 Å². The van der Waals surface area contributed by atoms with Crippen molar-refractivity contribution < 1.29 is 4.43 Å². The lowest BCUT2D eigenvalue weighted by molar-refractivity contribution is 0.109. The Bertz CT molecular complexity index is 306. The minimum absolute atomic E-state index is 0.0408. The number of hydrogen-bond donors (Lipinski definition) is 0. The third-order valence-corrected chi connectivity index (χ3v) is 5.00. The maximum Gasteiger partial charge on any atom is 0.232 e. The highest BCUT2D eigenvalue weighted by atomic mass is 28.3. The van der Waals surface area contributed by atoms with Gasteiger partial charge in [-0.1, -0.05) is 43.0 Å². The Morgan fingerprint density at radius 3 is 2.40 bits per heavy atom. The quantitative estimate of drug-likeness (QED) is 0.693. The van der Waals surface area contributed by atoms with Crippen molar-refractivity contribution in [2.75, 3.05) is 0 Å². The lowest BCUT2D eigenvalue weighted by Crippen LogP contribution is -2.39. The van der Waals surface area contributed by atoms with Gasteiger partial charge in [-0.25, -0.2) is 0 Å². The Hall–Kier alpha value is -0.863. The van der Waals surface area contributed by atoms with Gasteiger partial charge in [0.25, 0.3) is 0 Å². The normalized spacial score (nSPS) is 13.5. The molecule has 0 fully saturated rings. The third kappa shape index (κ3) is 3.65. The second-order valence-corrected chi connectivity index (χ2v) is 6.51. The van der Waals surface area contributed by atoms with Crippen molar-refractivity contribution in [2.24, 2.45) is 0 Å². The van der Waals surface area contributed by atoms with E-state index in [1.165, 1.54) is 5.19 Å². The first-order chi connectivity index (χ1) is 7.09. The first-order valence-corrected chi connectivity index (χ1v) is 7.16. The molecule has 1 aromatic rings. The van der Waals surface area contributed by atoms with Gasteiger partial charge in [0.05, 0.1) is 5.60 Å². The molecule has 1 aromatic carbocycles. The fourth-order valence-electron chi connectivity index (χ4n) is 1.32. The summed E-state index contributed by atoms with van der Waals surface area (Å²) in [5, 5.41) is 1.30. The van der Waals surface area contributed by atoms with Crippen LogP contribution in [0.15, 0.2) is 42.6 Å². The molecule has 0 bridgehead atoms. The monoisotopic (exact) mass is 220 g/mol. The van der Waals surface area contributed by atoms with Crippen LogP contribution in [0.2, 0.25) is 0 Å². The summed E-state index contributed by atoms with van der Waals surface area (Å²) in [7, 11) is -1.45. The van der Waals surface area contributed by atoms with Gasteiger partial charge < -0.3 is 4.43 Å². The average molecular weight is 220 g/mol. The van der Waals surface area contributed by atoms with Crippen LogP contribution in [-0.2, 0) is 4.43 Å². The second-order valence-electron chi connectivity index (χ2n) is 4.30. The van der Waals surface area contributed by atoms with Crippen LogP contribution in [0.4, 0.5) is 0 Å². The highest BCUT2D eigenvalue weighted by molar-refractivity contribution is 6.72. The van der Waals surface area contributed by atoms with E-state index in [9.17, 15) is 0 Å². The number of hydrogen-bond acceptors (Lipinski definition) is 1. The second kappa shape index (κ2) is 5.28. The van der Waals surface area contributed by atoms with Gasteiger partial charge in [-0.05, 0) is 25.5 Å². The summed E-state index contributed by atoms with van der Waals surface area (Å²) in [6.45, 7) is 10.3. The zero-order valence-corrected chi connectivity index (χ0v) is 11.0. The Labute approximate surface area is 94.5 Å².